The van der Waals surface area contributed by atoms with Crippen molar-refractivity contribution in [2.45, 2.75) is 6.42 Å². The van der Waals surface area contributed by atoms with E-state index < -0.39 is 0 Å². The number of amides is 1. The van der Waals surface area contributed by atoms with Crippen molar-refractivity contribution in [3.63, 3.8) is 0 Å². The lowest BCUT2D eigenvalue weighted by molar-refractivity contribution is -0.130. The van der Waals surface area contributed by atoms with Gasteiger partial charge in [-0.25, -0.2) is 0 Å². The van der Waals surface area contributed by atoms with Gasteiger partial charge in [0.15, 0.2) is 5.96 Å². The SMILES string of the molecule is CN=C(NCC(=O)N1CCN(c2ccccc2)CC1)Nc1cccc(OCCCOC)c1. The Morgan fingerprint density at radius 3 is 2.53 bits per heavy atom. The molecule has 1 aliphatic heterocycles. The lowest BCUT2D eigenvalue weighted by Crippen LogP contribution is -2.51. The number of rotatable bonds is 9. The molecule has 0 bridgehead atoms. The van der Waals surface area contributed by atoms with E-state index in [2.05, 4.69) is 32.7 Å². The molecule has 2 aromatic rings. The molecule has 0 saturated carbocycles. The molecule has 0 radical (unpaired) electrons. The minimum absolute atomic E-state index is 0.0656. The summed E-state index contributed by atoms with van der Waals surface area (Å²) in [5, 5.41) is 6.33. The van der Waals surface area contributed by atoms with Gasteiger partial charge in [0.25, 0.3) is 0 Å². The molecule has 0 unspecified atom stereocenters. The van der Waals surface area contributed by atoms with Crippen LogP contribution in [-0.2, 0) is 9.53 Å². The molecule has 1 saturated heterocycles. The fourth-order valence-electron chi connectivity index (χ4n) is 3.50. The van der Waals surface area contributed by atoms with E-state index in [1.165, 1.54) is 5.69 Å². The van der Waals surface area contributed by atoms with Crippen LogP contribution in [0, 0.1) is 0 Å². The number of nitrogens with zero attached hydrogens (tertiary/aromatic N) is 3. The Labute approximate surface area is 190 Å². The van der Waals surface area contributed by atoms with E-state index >= 15 is 0 Å². The van der Waals surface area contributed by atoms with E-state index in [0.717, 1.165) is 30.9 Å². The number of nitrogens with one attached hydrogen (secondary N) is 2. The monoisotopic (exact) mass is 439 g/mol. The lowest BCUT2D eigenvalue weighted by Gasteiger charge is -2.36. The van der Waals surface area contributed by atoms with Crippen LogP contribution in [0.4, 0.5) is 11.4 Å². The Balaban J connectivity index is 1.43. The van der Waals surface area contributed by atoms with Crippen LogP contribution < -0.4 is 20.3 Å². The first-order valence-electron chi connectivity index (χ1n) is 11.0. The van der Waals surface area contributed by atoms with Gasteiger partial charge >= 0.3 is 0 Å². The van der Waals surface area contributed by atoms with Crippen LogP contribution >= 0.6 is 0 Å². The molecule has 0 atom stereocenters. The molecule has 8 heteroatoms. The van der Waals surface area contributed by atoms with Gasteiger partial charge in [-0.3, -0.25) is 9.79 Å². The summed E-state index contributed by atoms with van der Waals surface area (Å²) >= 11 is 0. The quantitative estimate of drug-likeness (QED) is 0.355. The zero-order valence-corrected chi connectivity index (χ0v) is 18.9. The number of carbonyl (C=O) groups is 1. The summed E-state index contributed by atoms with van der Waals surface area (Å²) in [4.78, 5) is 21.1. The fourth-order valence-corrected chi connectivity index (χ4v) is 3.50. The highest BCUT2D eigenvalue weighted by Crippen LogP contribution is 2.18. The van der Waals surface area contributed by atoms with Gasteiger partial charge in [-0.1, -0.05) is 24.3 Å². The number of benzene rings is 2. The minimum atomic E-state index is 0.0656. The van der Waals surface area contributed by atoms with Crippen LogP contribution in [0.2, 0.25) is 0 Å². The number of piperazine rings is 1. The maximum atomic E-state index is 12.7. The van der Waals surface area contributed by atoms with Gasteiger partial charge in [-0.2, -0.15) is 0 Å². The molecule has 1 heterocycles. The second-order valence-corrected chi connectivity index (χ2v) is 7.48. The normalized spacial score (nSPS) is 14.2. The first kappa shape index (κ1) is 23.4. The molecular formula is C24H33N5O3. The number of anilines is 2. The molecule has 0 spiro atoms. The number of guanidine groups is 1. The molecule has 1 aliphatic rings. The average Bonchev–Trinajstić information content (AvgIpc) is 2.85. The van der Waals surface area contributed by atoms with E-state index in [1.807, 2.05) is 47.4 Å². The zero-order valence-electron chi connectivity index (χ0n) is 18.9. The van der Waals surface area contributed by atoms with Gasteiger partial charge in [-0.15, -0.1) is 0 Å². The zero-order chi connectivity index (χ0) is 22.6. The van der Waals surface area contributed by atoms with Gasteiger partial charge in [-0.05, 0) is 24.3 Å². The van der Waals surface area contributed by atoms with Crippen LogP contribution in [-0.4, -0.2) is 76.9 Å². The highest BCUT2D eigenvalue weighted by molar-refractivity contribution is 5.96. The fraction of sp³-hybridized carbons (Fsp3) is 0.417. The topological polar surface area (TPSA) is 78.4 Å². The molecule has 1 amide bonds. The Bertz CT molecular complexity index is 867. The molecule has 3 rings (SSSR count). The minimum Gasteiger partial charge on any atom is -0.493 e. The van der Waals surface area contributed by atoms with Crippen molar-refractivity contribution in [1.82, 2.24) is 10.2 Å². The third-order valence-electron chi connectivity index (χ3n) is 5.24. The van der Waals surface area contributed by atoms with E-state index in [-0.39, 0.29) is 12.5 Å². The second kappa shape index (κ2) is 12.6. The van der Waals surface area contributed by atoms with Gasteiger partial charge in [0, 0.05) is 70.8 Å². The second-order valence-electron chi connectivity index (χ2n) is 7.48. The summed E-state index contributed by atoms with van der Waals surface area (Å²) in [5.74, 6) is 1.38. The number of carbonyl (C=O) groups excluding carboxylic acids is 1. The average molecular weight is 440 g/mol. The smallest absolute Gasteiger partial charge is 0.242 e. The predicted octanol–water partition coefficient (Wildman–Crippen LogP) is 2.44. The molecule has 8 nitrogen and oxygen atoms in total. The molecular weight excluding hydrogens is 406 g/mol. The van der Waals surface area contributed by atoms with Crippen molar-refractivity contribution in [3.05, 3.63) is 54.6 Å². The number of methoxy groups -OCH3 is 1. The maximum Gasteiger partial charge on any atom is 0.242 e. The first-order chi connectivity index (χ1) is 15.7. The number of ether oxygens (including phenoxy) is 2. The van der Waals surface area contributed by atoms with Crippen LogP contribution in [0.15, 0.2) is 59.6 Å². The van der Waals surface area contributed by atoms with E-state index in [0.29, 0.717) is 32.3 Å². The highest BCUT2D eigenvalue weighted by atomic mass is 16.5. The summed E-state index contributed by atoms with van der Waals surface area (Å²) in [6.45, 7) is 4.55. The lowest BCUT2D eigenvalue weighted by atomic mass is 10.2. The number of aliphatic imine (C=N–C) groups is 1. The Kier molecular flexibility index (Phi) is 9.19. The summed E-state index contributed by atoms with van der Waals surface area (Å²) in [6.07, 6.45) is 0.832. The van der Waals surface area contributed by atoms with Crippen molar-refractivity contribution >= 4 is 23.2 Å². The standard InChI is InChI=1S/C24H33N5O3/c1-25-24(27-20-8-6-11-22(18-20)32-17-7-16-31-2)26-19-23(30)29-14-12-28(13-15-29)21-9-4-3-5-10-21/h3-6,8-11,18H,7,12-17,19H2,1-2H3,(H2,25,26,27). The van der Waals surface area contributed by atoms with E-state index in [1.54, 1.807) is 14.2 Å². The molecule has 1 fully saturated rings. The maximum absolute atomic E-state index is 12.7. The Morgan fingerprint density at radius 2 is 1.81 bits per heavy atom. The van der Waals surface area contributed by atoms with Crippen LogP contribution in [0.1, 0.15) is 6.42 Å². The van der Waals surface area contributed by atoms with E-state index in [9.17, 15) is 4.79 Å². The molecule has 32 heavy (non-hydrogen) atoms. The van der Waals surface area contributed by atoms with Gasteiger partial charge in [0.05, 0.1) is 13.2 Å². The molecule has 2 aromatic carbocycles. The summed E-state index contributed by atoms with van der Waals surface area (Å²) < 4.78 is 10.8. The number of hydrogen-bond acceptors (Lipinski definition) is 5. The van der Waals surface area contributed by atoms with Crippen LogP contribution in [0.5, 0.6) is 5.75 Å². The van der Waals surface area contributed by atoms with Gasteiger partial charge in [0.2, 0.25) is 5.91 Å². The molecule has 172 valence electrons. The Morgan fingerprint density at radius 1 is 1.03 bits per heavy atom. The molecule has 2 N–H and O–H groups in total. The summed E-state index contributed by atoms with van der Waals surface area (Å²) in [7, 11) is 3.36. The van der Waals surface area contributed by atoms with Gasteiger partial charge in [0.1, 0.15) is 5.75 Å². The third kappa shape index (κ3) is 7.16. The highest BCUT2D eigenvalue weighted by Gasteiger charge is 2.21. The van der Waals surface area contributed by atoms with Crippen molar-refractivity contribution in [2.75, 3.05) is 70.3 Å². The summed E-state index contributed by atoms with van der Waals surface area (Å²) in [5.41, 5.74) is 2.04. The first-order valence-corrected chi connectivity index (χ1v) is 11.0. The van der Waals surface area contributed by atoms with E-state index in [4.69, 9.17) is 9.47 Å². The number of hydrogen-bond donors (Lipinski definition) is 2. The number of para-hydroxylation sites is 1. The third-order valence-corrected chi connectivity index (χ3v) is 5.24. The van der Waals surface area contributed by atoms with Crippen molar-refractivity contribution in [3.8, 4) is 5.75 Å². The van der Waals surface area contributed by atoms with Crippen LogP contribution in [0.3, 0.4) is 0 Å². The largest absolute Gasteiger partial charge is 0.493 e. The molecule has 0 aromatic heterocycles. The molecule has 0 aliphatic carbocycles. The van der Waals surface area contributed by atoms with Crippen molar-refractivity contribution in [1.29, 1.82) is 0 Å². The van der Waals surface area contributed by atoms with Crippen LogP contribution in [0.25, 0.3) is 0 Å². The predicted molar refractivity (Wildman–Crippen MR) is 129 cm³/mol. The van der Waals surface area contributed by atoms with Crippen molar-refractivity contribution in [2.24, 2.45) is 4.99 Å². The van der Waals surface area contributed by atoms with Gasteiger partial charge < -0.3 is 29.9 Å². The van der Waals surface area contributed by atoms with Crippen molar-refractivity contribution < 1.29 is 14.3 Å². The Hall–Kier alpha value is -3.26. The summed E-state index contributed by atoms with van der Waals surface area (Å²) in [6, 6.07) is 18.0.